The Hall–Kier alpha value is -0.410. The molecule has 1 aliphatic heterocycles. The highest BCUT2D eigenvalue weighted by Gasteiger charge is 2.41. The summed E-state index contributed by atoms with van der Waals surface area (Å²) in [6.07, 6.45) is 8.28. The first-order valence-electron chi connectivity index (χ1n) is 5.60. The molecule has 1 spiro atoms. The zero-order valence-electron chi connectivity index (χ0n) is 8.54. The van der Waals surface area contributed by atoms with Gasteiger partial charge in [-0.25, -0.2) is 0 Å². The van der Waals surface area contributed by atoms with E-state index < -0.39 is 0 Å². The fourth-order valence-electron chi connectivity index (χ4n) is 2.37. The van der Waals surface area contributed by atoms with Crippen molar-refractivity contribution in [2.45, 2.75) is 56.8 Å². The Kier molecular flexibility index (Phi) is 3.19. The largest absolute Gasteiger partial charge is 0.347 e. The van der Waals surface area contributed by atoms with E-state index in [2.05, 4.69) is 0 Å². The summed E-state index contributed by atoms with van der Waals surface area (Å²) in [7, 11) is 0. The Labute approximate surface area is 84.8 Å². The van der Waals surface area contributed by atoms with Crippen molar-refractivity contribution in [1.29, 1.82) is 0 Å². The molecule has 1 saturated carbocycles. The van der Waals surface area contributed by atoms with Gasteiger partial charge in [0, 0.05) is 19.3 Å². The molecule has 0 aromatic rings. The van der Waals surface area contributed by atoms with Crippen LogP contribution >= 0.6 is 0 Å². The minimum Gasteiger partial charge on any atom is -0.347 e. The van der Waals surface area contributed by atoms with E-state index >= 15 is 0 Å². The Morgan fingerprint density at radius 2 is 2.07 bits per heavy atom. The average molecular weight is 198 g/mol. The van der Waals surface area contributed by atoms with Crippen molar-refractivity contribution in [3.63, 3.8) is 0 Å². The molecule has 3 nitrogen and oxygen atoms in total. The normalized spacial score (nSPS) is 30.7. The van der Waals surface area contributed by atoms with Crippen LogP contribution < -0.4 is 0 Å². The number of aldehydes is 1. The van der Waals surface area contributed by atoms with Crippen LogP contribution in [0, 0.1) is 0 Å². The second-order valence-electron chi connectivity index (χ2n) is 4.27. The van der Waals surface area contributed by atoms with Crippen molar-refractivity contribution in [2.24, 2.45) is 0 Å². The molecule has 14 heavy (non-hydrogen) atoms. The first-order chi connectivity index (χ1) is 6.85. The zero-order valence-corrected chi connectivity index (χ0v) is 8.54. The number of carbonyl (C=O) groups excluding carboxylic acids is 1. The third-order valence-corrected chi connectivity index (χ3v) is 3.14. The molecular formula is C11H18O3. The van der Waals surface area contributed by atoms with Gasteiger partial charge in [0.25, 0.3) is 0 Å². The first-order valence-corrected chi connectivity index (χ1v) is 5.60. The third-order valence-electron chi connectivity index (χ3n) is 3.14. The number of hydrogen-bond acceptors (Lipinski definition) is 3. The fraction of sp³-hybridized carbons (Fsp3) is 0.909. The molecule has 0 aromatic carbocycles. The Morgan fingerprint density at radius 3 is 2.79 bits per heavy atom. The maximum absolute atomic E-state index is 10.2. The maximum atomic E-state index is 10.2. The first kappa shape index (κ1) is 10.1. The van der Waals surface area contributed by atoms with Crippen molar-refractivity contribution in [3.8, 4) is 0 Å². The summed E-state index contributed by atoms with van der Waals surface area (Å²) in [5.74, 6) is -0.272. The van der Waals surface area contributed by atoms with Crippen LogP contribution in [0.25, 0.3) is 0 Å². The Morgan fingerprint density at radius 1 is 1.29 bits per heavy atom. The molecule has 0 aromatic heterocycles. The lowest BCUT2D eigenvalue weighted by Crippen LogP contribution is -2.33. The number of ether oxygens (including phenoxy) is 2. The summed E-state index contributed by atoms with van der Waals surface area (Å²) in [5.41, 5.74) is 0. The monoisotopic (exact) mass is 198 g/mol. The van der Waals surface area contributed by atoms with E-state index in [1.54, 1.807) is 0 Å². The van der Waals surface area contributed by atoms with Crippen LogP contribution in [0.3, 0.4) is 0 Å². The third kappa shape index (κ3) is 2.15. The second-order valence-corrected chi connectivity index (χ2v) is 4.27. The van der Waals surface area contributed by atoms with Gasteiger partial charge in [-0.15, -0.1) is 0 Å². The SMILES string of the molecule is O=CCCC1COC2(CCCCC2)O1. The van der Waals surface area contributed by atoms with Gasteiger partial charge in [-0.2, -0.15) is 0 Å². The van der Waals surface area contributed by atoms with Gasteiger partial charge in [-0.05, 0) is 19.3 Å². The fourth-order valence-corrected chi connectivity index (χ4v) is 2.37. The van der Waals surface area contributed by atoms with E-state index in [0.29, 0.717) is 13.0 Å². The predicted octanol–water partition coefficient (Wildman–Crippen LogP) is 2.04. The van der Waals surface area contributed by atoms with Crippen LogP contribution in [0.1, 0.15) is 44.9 Å². The van der Waals surface area contributed by atoms with E-state index in [0.717, 1.165) is 25.5 Å². The van der Waals surface area contributed by atoms with E-state index in [9.17, 15) is 4.79 Å². The highest BCUT2D eigenvalue weighted by atomic mass is 16.7. The molecular weight excluding hydrogens is 180 g/mol. The quantitative estimate of drug-likeness (QED) is 0.651. The van der Waals surface area contributed by atoms with E-state index in [1.165, 1.54) is 19.3 Å². The summed E-state index contributed by atoms with van der Waals surface area (Å²) in [4.78, 5) is 10.2. The summed E-state index contributed by atoms with van der Waals surface area (Å²) in [5, 5.41) is 0. The van der Waals surface area contributed by atoms with Crippen LogP contribution in [-0.4, -0.2) is 24.8 Å². The number of hydrogen-bond donors (Lipinski definition) is 0. The number of carbonyl (C=O) groups is 1. The lowest BCUT2D eigenvalue weighted by Gasteiger charge is -2.31. The minimum atomic E-state index is -0.272. The van der Waals surface area contributed by atoms with Gasteiger partial charge in [0.2, 0.25) is 0 Å². The van der Waals surface area contributed by atoms with Crippen molar-refractivity contribution in [3.05, 3.63) is 0 Å². The molecule has 2 aliphatic rings. The standard InChI is InChI=1S/C11H18O3/c12-8-4-5-10-9-13-11(14-10)6-2-1-3-7-11/h8,10H,1-7,9H2. The molecule has 0 bridgehead atoms. The molecule has 80 valence electrons. The molecule has 2 fully saturated rings. The van der Waals surface area contributed by atoms with E-state index in [1.807, 2.05) is 0 Å². The van der Waals surface area contributed by atoms with Crippen LogP contribution in [0.4, 0.5) is 0 Å². The summed E-state index contributed by atoms with van der Waals surface area (Å²) < 4.78 is 11.7. The van der Waals surface area contributed by atoms with E-state index in [4.69, 9.17) is 9.47 Å². The molecule has 1 heterocycles. The average Bonchev–Trinajstić information content (AvgIpc) is 2.60. The molecule has 1 saturated heterocycles. The summed E-state index contributed by atoms with van der Waals surface area (Å²) in [6.45, 7) is 0.674. The van der Waals surface area contributed by atoms with Gasteiger partial charge in [-0.1, -0.05) is 6.42 Å². The predicted molar refractivity (Wildman–Crippen MR) is 51.9 cm³/mol. The van der Waals surface area contributed by atoms with Gasteiger partial charge in [0.15, 0.2) is 5.79 Å². The van der Waals surface area contributed by atoms with Gasteiger partial charge < -0.3 is 14.3 Å². The topological polar surface area (TPSA) is 35.5 Å². The van der Waals surface area contributed by atoms with Gasteiger partial charge in [0.05, 0.1) is 12.7 Å². The molecule has 0 amide bonds. The molecule has 1 aliphatic carbocycles. The minimum absolute atomic E-state index is 0.151. The lowest BCUT2D eigenvalue weighted by atomic mass is 9.94. The zero-order chi connectivity index (χ0) is 9.86. The van der Waals surface area contributed by atoms with E-state index in [-0.39, 0.29) is 11.9 Å². The summed E-state index contributed by atoms with van der Waals surface area (Å²) in [6, 6.07) is 0. The highest BCUT2D eigenvalue weighted by molar-refractivity contribution is 5.49. The van der Waals surface area contributed by atoms with Crippen LogP contribution in [-0.2, 0) is 14.3 Å². The van der Waals surface area contributed by atoms with Gasteiger partial charge >= 0.3 is 0 Å². The Balaban J connectivity index is 1.82. The lowest BCUT2D eigenvalue weighted by molar-refractivity contribution is -0.187. The molecule has 3 heteroatoms. The van der Waals surface area contributed by atoms with Gasteiger partial charge in [-0.3, -0.25) is 0 Å². The molecule has 1 atom stereocenters. The van der Waals surface area contributed by atoms with Crippen LogP contribution in [0.2, 0.25) is 0 Å². The second kappa shape index (κ2) is 4.41. The molecule has 0 radical (unpaired) electrons. The molecule has 0 N–H and O–H groups in total. The summed E-state index contributed by atoms with van der Waals surface area (Å²) >= 11 is 0. The van der Waals surface area contributed by atoms with Crippen molar-refractivity contribution >= 4 is 6.29 Å². The highest BCUT2D eigenvalue weighted by Crippen LogP contribution is 2.38. The van der Waals surface area contributed by atoms with Crippen molar-refractivity contribution in [1.82, 2.24) is 0 Å². The van der Waals surface area contributed by atoms with Crippen LogP contribution in [0.15, 0.2) is 0 Å². The molecule has 1 unspecified atom stereocenters. The molecule has 2 rings (SSSR count). The smallest absolute Gasteiger partial charge is 0.168 e. The van der Waals surface area contributed by atoms with Crippen molar-refractivity contribution < 1.29 is 14.3 Å². The maximum Gasteiger partial charge on any atom is 0.168 e. The Bertz CT molecular complexity index is 197. The number of rotatable bonds is 3. The van der Waals surface area contributed by atoms with Gasteiger partial charge in [0.1, 0.15) is 6.29 Å². The van der Waals surface area contributed by atoms with Crippen molar-refractivity contribution in [2.75, 3.05) is 6.61 Å². The van der Waals surface area contributed by atoms with Crippen LogP contribution in [0.5, 0.6) is 0 Å².